The minimum Gasteiger partial charge on any atom is -0.545 e. The van der Waals surface area contributed by atoms with Gasteiger partial charge in [0.2, 0.25) is 0 Å². The number of aliphatic hydroxyl groups is 2. The molecule has 0 aliphatic heterocycles. The molecule has 0 aliphatic carbocycles. The maximum atomic E-state index is 10.1. The van der Waals surface area contributed by atoms with Gasteiger partial charge in [0.05, 0.1) is 37.4 Å². The zero-order chi connectivity index (χ0) is 19.6. The Balaban J connectivity index is 3.36. The molecule has 26 heavy (non-hydrogen) atoms. The molecule has 0 aromatic rings. The molecular weight excluding hydrogens is 344 g/mol. The fourth-order valence-corrected chi connectivity index (χ4v) is 1.98. The average Bonchev–Trinajstić information content (AvgIpc) is 2.55. The summed E-state index contributed by atoms with van der Waals surface area (Å²) in [5, 5.41) is 39.3. The molecule has 0 bridgehead atoms. The summed E-state index contributed by atoms with van der Waals surface area (Å²) < 4.78 is 10.6. The Labute approximate surface area is 153 Å². The first-order chi connectivity index (χ1) is 12.4. The topological polar surface area (TPSA) is 139 Å². The Kier molecular flexibility index (Phi) is 15.6. The number of carbonyl (C=O) groups is 2. The lowest BCUT2D eigenvalue weighted by molar-refractivity contribution is -0.298. The highest BCUT2D eigenvalue weighted by atomic mass is 16.5. The third kappa shape index (κ3) is 18.6. The van der Waals surface area contributed by atoms with Gasteiger partial charge in [0.1, 0.15) is 0 Å². The third-order valence-corrected chi connectivity index (χ3v) is 3.27. The van der Waals surface area contributed by atoms with Gasteiger partial charge in [-0.2, -0.15) is 0 Å². The number of aliphatic carboxylic acids is 2. The van der Waals surface area contributed by atoms with Crippen molar-refractivity contribution in [3.63, 3.8) is 0 Å². The highest BCUT2D eigenvalue weighted by Gasteiger charge is 2.02. The first-order valence-electron chi connectivity index (χ1n) is 8.68. The van der Waals surface area contributed by atoms with Gasteiger partial charge in [0.25, 0.3) is 0 Å². The van der Waals surface area contributed by atoms with E-state index in [9.17, 15) is 30.0 Å². The van der Waals surface area contributed by atoms with Gasteiger partial charge in [0.15, 0.2) is 0 Å². The van der Waals surface area contributed by atoms with Crippen molar-refractivity contribution in [2.45, 2.75) is 50.7 Å². The van der Waals surface area contributed by atoms with Crippen LogP contribution in [0.1, 0.15) is 38.5 Å². The van der Waals surface area contributed by atoms with Crippen LogP contribution in [0.3, 0.4) is 0 Å². The number of carbonyl (C=O) groups excluding carboxylic acids is 2. The number of unbranched alkanes of at least 4 members (excludes halogenated alkanes) is 3. The number of aliphatic hydroxyl groups excluding tert-OH is 2. The second-order valence-electron chi connectivity index (χ2n) is 5.79. The highest BCUT2D eigenvalue weighted by Crippen LogP contribution is 2.03. The van der Waals surface area contributed by atoms with Gasteiger partial charge in [-0.25, -0.2) is 0 Å². The second kappa shape index (κ2) is 16.7. The molecule has 0 aliphatic rings. The molecule has 0 amide bonds. The van der Waals surface area contributed by atoms with E-state index in [1.807, 2.05) is 0 Å². The normalized spacial score (nSPS) is 14.1. The van der Waals surface area contributed by atoms with Crippen LogP contribution in [0.2, 0.25) is 0 Å². The van der Waals surface area contributed by atoms with Gasteiger partial charge in [-0.05, 0) is 37.8 Å². The number of ether oxygens (including phenoxy) is 2. The smallest absolute Gasteiger partial charge is 0.0808 e. The molecule has 0 saturated heterocycles. The van der Waals surface area contributed by atoms with Crippen LogP contribution in [0.4, 0.5) is 0 Å². The zero-order valence-electron chi connectivity index (χ0n) is 14.9. The third-order valence-electron chi connectivity index (χ3n) is 3.27. The van der Waals surface area contributed by atoms with E-state index in [1.54, 1.807) is 0 Å². The lowest BCUT2D eigenvalue weighted by Crippen LogP contribution is -2.19. The van der Waals surface area contributed by atoms with Crippen LogP contribution < -0.4 is 10.2 Å². The minimum absolute atomic E-state index is 0.158. The standard InChI is InChI=1S/C18H30O8/c19-15(7-5-9-17(21)22)13-25-11-3-1-2-4-12-26-14-16(20)8-6-10-18(23)24/h5-6,9-10,15-16,19-20H,1-4,7-8,11-14H2,(H,21,22)(H,23,24)/p-2. The molecule has 0 saturated carbocycles. The van der Waals surface area contributed by atoms with Crippen LogP contribution in [0, 0.1) is 0 Å². The van der Waals surface area contributed by atoms with Crippen molar-refractivity contribution in [2.24, 2.45) is 0 Å². The monoisotopic (exact) mass is 372 g/mol. The van der Waals surface area contributed by atoms with E-state index in [0.29, 0.717) is 13.2 Å². The van der Waals surface area contributed by atoms with Gasteiger partial charge in [-0.3, -0.25) is 0 Å². The molecule has 0 aromatic heterocycles. The molecule has 0 rings (SSSR count). The summed E-state index contributed by atoms with van der Waals surface area (Å²) in [6.07, 6.45) is 6.97. The van der Waals surface area contributed by atoms with Crippen molar-refractivity contribution in [1.29, 1.82) is 0 Å². The predicted octanol–water partition coefficient (Wildman–Crippen LogP) is -1.31. The summed E-state index contributed by atoms with van der Waals surface area (Å²) >= 11 is 0. The summed E-state index contributed by atoms with van der Waals surface area (Å²) in [6.45, 7) is 1.35. The Morgan fingerprint density at radius 1 is 0.769 bits per heavy atom. The predicted molar refractivity (Wildman–Crippen MR) is 89.6 cm³/mol. The lowest BCUT2D eigenvalue weighted by Gasteiger charge is -2.10. The summed E-state index contributed by atoms with van der Waals surface area (Å²) in [6, 6.07) is 0. The summed E-state index contributed by atoms with van der Waals surface area (Å²) in [5.41, 5.74) is 0. The van der Waals surface area contributed by atoms with Gasteiger partial charge in [-0.1, -0.05) is 25.0 Å². The molecule has 0 heterocycles. The summed E-state index contributed by atoms with van der Waals surface area (Å²) in [4.78, 5) is 20.3. The van der Waals surface area contributed by atoms with E-state index < -0.39 is 24.1 Å². The first kappa shape index (κ1) is 24.3. The Morgan fingerprint density at radius 3 is 1.50 bits per heavy atom. The van der Waals surface area contributed by atoms with Crippen molar-refractivity contribution in [3.8, 4) is 0 Å². The molecule has 0 aromatic carbocycles. The number of hydrogen-bond donors (Lipinski definition) is 2. The molecular formula is C18H28O8-2. The van der Waals surface area contributed by atoms with Crippen molar-refractivity contribution < 1.29 is 39.5 Å². The van der Waals surface area contributed by atoms with Gasteiger partial charge < -0.3 is 39.5 Å². The van der Waals surface area contributed by atoms with Crippen LogP contribution in [-0.4, -0.2) is 60.8 Å². The molecule has 0 spiro atoms. The van der Waals surface area contributed by atoms with E-state index in [2.05, 4.69) is 0 Å². The molecule has 8 heteroatoms. The maximum Gasteiger partial charge on any atom is 0.0808 e. The number of carboxylic acid groups (broad SMARTS) is 2. The van der Waals surface area contributed by atoms with Crippen LogP contribution >= 0.6 is 0 Å². The number of hydrogen-bond acceptors (Lipinski definition) is 8. The Bertz CT molecular complexity index is 393. The Hall–Kier alpha value is -1.74. The summed E-state index contributed by atoms with van der Waals surface area (Å²) in [5.74, 6) is -2.58. The molecule has 0 fully saturated rings. The molecule has 2 unspecified atom stereocenters. The van der Waals surface area contributed by atoms with Crippen molar-refractivity contribution in [3.05, 3.63) is 24.3 Å². The molecule has 2 N–H and O–H groups in total. The SMILES string of the molecule is O=C([O-])C=CCC(O)COCCCCCCOCC(O)CC=CC(=O)[O-]. The van der Waals surface area contributed by atoms with Gasteiger partial charge in [-0.15, -0.1) is 0 Å². The van der Waals surface area contributed by atoms with E-state index in [1.165, 1.54) is 12.2 Å². The number of rotatable bonds is 17. The van der Waals surface area contributed by atoms with Crippen LogP contribution in [0.5, 0.6) is 0 Å². The van der Waals surface area contributed by atoms with E-state index in [4.69, 9.17) is 9.47 Å². The van der Waals surface area contributed by atoms with E-state index >= 15 is 0 Å². The van der Waals surface area contributed by atoms with Gasteiger partial charge >= 0.3 is 0 Å². The molecule has 150 valence electrons. The molecule has 8 nitrogen and oxygen atoms in total. The van der Waals surface area contributed by atoms with Crippen LogP contribution in [-0.2, 0) is 19.1 Å². The second-order valence-corrected chi connectivity index (χ2v) is 5.79. The Morgan fingerprint density at radius 2 is 1.15 bits per heavy atom. The first-order valence-corrected chi connectivity index (χ1v) is 8.68. The average molecular weight is 372 g/mol. The molecule has 2 atom stereocenters. The largest absolute Gasteiger partial charge is 0.545 e. The fourth-order valence-electron chi connectivity index (χ4n) is 1.98. The van der Waals surface area contributed by atoms with Crippen molar-refractivity contribution in [1.82, 2.24) is 0 Å². The maximum absolute atomic E-state index is 10.1. The minimum atomic E-state index is -1.29. The van der Waals surface area contributed by atoms with Crippen LogP contribution in [0.25, 0.3) is 0 Å². The van der Waals surface area contributed by atoms with E-state index in [0.717, 1.165) is 37.8 Å². The molecule has 0 radical (unpaired) electrons. The number of carboxylic acids is 2. The van der Waals surface area contributed by atoms with Crippen LogP contribution in [0.15, 0.2) is 24.3 Å². The highest BCUT2D eigenvalue weighted by molar-refractivity contribution is 5.77. The zero-order valence-corrected chi connectivity index (χ0v) is 14.9. The van der Waals surface area contributed by atoms with Crippen molar-refractivity contribution in [2.75, 3.05) is 26.4 Å². The van der Waals surface area contributed by atoms with Gasteiger partial charge in [0, 0.05) is 13.2 Å². The quantitative estimate of drug-likeness (QED) is 0.237. The fraction of sp³-hybridized carbons (Fsp3) is 0.667. The lowest BCUT2D eigenvalue weighted by atomic mass is 10.2. The summed E-state index contributed by atoms with van der Waals surface area (Å²) in [7, 11) is 0. The van der Waals surface area contributed by atoms with E-state index in [-0.39, 0.29) is 26.1 Å². The van der Waals surface area contributed by atoms with Crippen molar-refractivity contribution >= 4 is 11.9 Å².